The molecule has 0 radical (unpaired) electrons. The lowest BCUT2D eigenvalue weighted by molar-refractivity contribution is -0.137. The van der Waals surface area contributed by atoms with Crippen LogP contribution in [0.5, 0.6) is 0 Å². The summed E-state index contributed by atoms with van der Waals surface area (Å²) < 4.78 is 4.61. The van der Waals surface area contributed by atoms with Crippen LogP contribution in [0.2, 0.25) is 0 Å². The molecule has 0 spiro atoms. The first-order valence-electron chi connectivity index (χ1n) is 4.99. The van der Waals surface area contributed by atoms with E-state index in [1.54, 1.807) is 30.8 Å². The number of ether oxygens (including phenoxy) is 1. The van der Waals surface area contributed by atoms with E-state index >= 15 is 0 Å². The van der Waals surface area contributed by atoms with Gasteiger partial charge in [0, 0.05) is 11.8 Å². The number of hydrogen-bond acceptors (Lipinski definition) is 5. The van der Waals surface area contributed by atoms with E-state index in [9.17, 15) is 9.59 Å². The lowest BCUT2D eigenvalue weighted by Crippen LogP contribution is -2.17. The van der Waals surface area contributed by atoms with Crippen molar-refractivity contribution in [3.05, 3.63) is 23.9 Å². The van der Waals surface area contributed by atoms with Gasteiger partial charge >= 0.3 is 5.97 Å². The molecule has 0 aliphatic rings. The summed E-state index contributed by atoms with van der Waals surface area (Å²) in [5.74, 6) is -0.569. The van der Waals surface area contributed by atoms with Crippen LogP contribution >= 0.6 is 11.8 Å². The zero-order valence-electron chi connectivity index (χ0n) is 9.23. The van der Waals surface area contributed by atoms with Crippen molar-refractivity contribution < 1.29 is 14.3 Å². The quantitative estimate of drug-likeness (QED) is 0.340. The van der Waals surface area contributed by atoms with Gasteiger partial charge in [-0.2, -0.15) is 0 Å². The molecule has 0 bridgehead atoms. The number of esters is 1. The largest absolute Gasteiger partial charge is 0.460 e. The lowest BCUT2D eigenvalue weighted by Gasteiger charge is -2.01. The van der Waals surface area contributed by atoms with Gasteiger partial charge in [-0.3, -0.25) is 4.79 Å². The van der Waals surface area contributed by atoms with Crippen molar-refractivity contribution in [2.75, 3.05) is 12.4 Å². The predicted octanol–water partition coefficient (Wildman–Crippen LogP) is 1.94. The maximum Gasteiger partial charge on any atom is 0.379 e. The summed E-state index contributed by atoms with van der Waals surface area (Å²) in [7, 11) is 0. The van der Waals surface area contributed by atoms with Gasteiger partial charge in [0.2, 0.25) is 0 Å². The summed E-state index contributed by atoms with van der Waals surface area (Å²) in [6, 6.07) is 3.31. The molecule has 0 unspecified atom stereocenters. The van der Waals surface area contributed by atoms with Gasteiger partial charge in [0.05, 0.1) is 11.6 Å². The summed E-state index contributed by atoms with van der Waals surface area (Å²) >= 11 is 1.58. The van der Waals surface area contributed by atoms with Crippen molar-refractivity contribution in [3.63, 3.8) is 0 Å². The van der Waals surface area contributed by atoms with Gasteiger partial charge in [-0.05, 0) is 24.8 Å². The third-order valence-corrected chi connectivity index (χ3v) is 2.58. The normalized spacial score (nSPS) is 9.88. The molecule has 86 valence electrons. The molecule has 1 heterocycles. The maximum absolute atomic E-state index is 11.5. The monoisotopic (exact) mass is 239 g/mol. The summed E-state index contributed by atoms with van der Waals surface area (Å²) in [4.78, 5) is 26.7. The zero-order valence-corrected chi connectivity index (χ0v) is 10.0. The van der Waals surface area contributed by atoms with E-state index in [1.807, 2.05) is 6.92 Å². The molecule has 16 heavy (non-hydrogen) atoms. The Morgan fingerprint density at radius 1 is 1.38 bits per heavy atom. The van der Waals surface area contributed by atoms with Gasteiger partial charge in [0.1, 0.15) is 0 Å². The minimum atomic E-state index is -0.833. The molecule has 0 amide bonds. The van der Waals surface area contributed by atoms with Crippen LogP contribution in [0, 0.1) is 0 Å². The average Bonchev–Trinajstić information content (AvgIpc) is 2.30. The highest BCUT2D eigenvalue weighted by Gasteiger charge is 2.17. The molecule has 1 aromatic rings. The molecule has 1 aromatic heterocycles. The number of hydrogen-bond donors (Lipinski definition) is 0. The molecule has 0 atom stereocenters. The van der Waals surface area contributed by atoms with E-state index in [1.165, 1.54) is 6.20 Å². The fourth-order valence-corrected chi connectivity index (χ4v) is 1.65. The smallest absolute Gasteiger partial charge is 0.379 e. The van der Waals surface area contributed by atoms with Crippen molar-refractivity contribution in [3.8, 4) is 0 Å². The van der Waals surface area contributed by atoms with Gasteiger partial charge in [-0.15, -0.1) is 11.8 Å². The number of pyridine rings is 1. The number of Topliss-reactive ketones (excluding diaryl/α,β-unsaturated/α-hetero) is 1. The molecular formula is C11H13NO3S. The van der Waals surface area contributed by atoms with Crippen molar-refractivity contribution >= 4 is 23.5 Å². The van der Waals surface area contributed by atoms with Crippen LogP contribution in [0.3, 0.4) is 0 Å². The molecule has 0 aliphatic heterocycles. The van der Waals surface area contributed by atoms with Crippen molar-refractivity contribution in [1.82, 2.24) is 4.98 Å². The van der Waals surface area contributed by atoms with Crippen molar-refractivity contribution in [2.45, 2.75) is 18.9 Å². The molecule has 0 aliphatic carbocycles. The van der Waals surface area contributed by atoms with Crippen LogP contribution in [-0.2, 0) is 9.53 Å². The Bertz CT molecular complexity index is 375. The highest BCUT2D eigenvalue weighted by atomic mass is 32.2. The number of nitrogens with zero attached hydrogens (tertiary/aromatic N) is 1. The van der Waals surface area contributed by atoms with Crippen molar-refractivity contribution in [2.24, 2.45) is 0 Å². The fourth-order valence-electron chi connectivity index (χ4n) is 1.06. The minimum absolute atomic E-state index is 0.196. The Balaban J connectivity index is 2.73. The van der Waals surface area contributed by atoms with Crippen LogP contribution in [0.4, 0.5) is 0 Å². The van der Waals surface area contributed by atoms with E-state index in [-0.39, 0.29) is 12.2 Å². The van der Waals surface area contributed by atoms with Crippen LogP contribution in [0.15, 0.2) is 23.4 Å². The molecule has 0 saturated carbocycles. The van der Waals surface area contributed by atoms with Gasteiger partial charge in [-0.25, -0.2) is 9.78 Å². The van der Waals surface area contributed by atoms with E-state index in [0.717, 1.165) is 10.8 Å². The summed E-state index contributed by atoms with van der Waals surface area (Å²) in [6.45, 7) is 3.87. The van der Waals surface area contributed by atoms with Gasteiger partial charge < -0.3 is 4.74 Å². The second-order valence-electron chi connectivity index (χ2n) is 2.87. The highest BCUT2D eigenvalue weighted by Crippen LogP contribution is 2.14. The standard InChI is InChI=1S/C11H13NO3S/c1-3-15-11(14)10(13)8-5-6-9(12-7-8)16-4-2/h5-7H,3-4H2,1-2H3. The lowest BCUT2D eigenvalue weighted by atomic mass is 10.2. The van der Waals surface area contributed by atoms with Crippen molar-refractivity contribution in [1.29, 1.82) is 0 Å². The van der Waals surface area contributed by atoms with Crippen LogP contribution in [0.25, 0.3) is 0 Å². The number of ketones is 1. The van der Waals surface area contributed by atoms with Crippen LogP contribution < -0.4 is 0 Å². The first-order chi connectivity index (χ1) is 7.69. The Kier molecular flexibility index (Phi) is 4.98. The van der Waals surface area contributed by atoms with Crippen LogP contribution in [0.1, 0.15) is 24.2 Å². The summed E-state index contributed by atoms with van der Waals surface area (Å²) in [5, 5.41) is 0.836. The molecule has 0 N–H and O–H groups in total. The third-order valence-electron chi connectivity index (χ3n) is 1.75. The van der Waals surface area contributed by atoms with E-state index in [0.29, 0.717) is 0 Å². The highest BCUT2D eigenvalue weighted by molar-refractivity contribution is 7.99. The molecule has 0 aromatic carbocycles. The first kappa shape index (κ1) is 12.7. The van der Waals surface area contributed by atoms with E-state index in [2.05, 4.69) is 9.72 Å². The number of carbonyl (C=O) groups excluding carboxylic acids is 2. The number of rotatable bonds is 5. The summed E-state index contributed by atoms with van der Waals surface area (Å²) in [5.41, 5.74) is 0.263. The molecular weight excluding hydrogens is 226 g/mol. The molecule has 1 rings (SSSR count). The Hall–Kier alpha value is -1.36. The molecule has 0 fully saturated rings. The predicted molar refractivity (Wildman–Crippen MR) is 61.6 cm³/mol. The van der Waals surface area contributed by atoms with Gasteiger partial charge in [-0.1, -0.05) is 6.92 Å². The number of aromatic nitrogens is 1. The Morgan fingerprint density at radius 2 is 2.12 bits per heavy atom. The number of thioether (sulfide) groups is 1. The van der Waals surface area contributed by atoms with Gasteiger partial charge in [0.25, 0.3) is 5.78 Å². The second-order valence-corrected chi connectivity index (χ2v) is 4.15. The molecule has 0 saturated heterocycles. The maximum atomic E-state index is 11.5. The van der Waals surface area contributed by atoms with Gasteiger partial charge in [0.15, 0.2) is 0 Å². The second kappa shape index (κ2) is 6.27. The first-order valence-corrected chi connectivity index (χ1v) is 5.97. The van der Waals surface area contributed by atoms with E-state index in [4.69, 9.17) is 0 Å². The SMILES string of the molecule is CCOC(=O)C(=O)c1ccc(SCC)nc1. The minimum Gasteiger partial charge on any atom is -0.460 e. The zero-order chi connectivity index (χ0) is 12.0. The Labute approximate surface area is 98.4 Å². The molecule has 4 nitrogen and oxygen atoms in total. The third kappa shape index (κ3) is 3.34. The van der Waals surface area contributed by atoms with E-state index < -0.39 is 11.8 Å². The van der Waals surface area contributed by atoms with Crippen LogP contribution in [-0.4, -0.2) is 29.1 Å². The summed E-state index contributed by atoms with van der Waals surface area (Å²) in [6.07, 6.45) is 1.40. The topological polar surface area (TPSA) is 56.3 Å². The fraction of sp³-hybridized carbons (Fsp3) is 0.364. The number of carbonyl (C=O) groups is 2. The Morgan fingerprint density at radius 3 is 2.62 bits per heavy atom. The average molecular weight is 239 g/mol. The molecule has 5 heteroatoms.